The van der Waals surface area contributed by atoms with Crippen molar-refractivity contribution in [2.24, 2.45) is 0 Å². The zero-order valence-electron chi connectivity index (χ0n) is 29.5. The number of phenols is 1. The van der Waals surface area contributed by atoms with Crippen molar-refractivity contribution in [1.29, 1.82) is 0 Å². The zero-order valence-corrected chi connectivity index (χ0v) is 30.3. The van der Waals surface area contributed by atoms with E-state index >= 15 is 0 Å². The Morgan fingerprint density at radius 1 is 0.812 bits per heavy atom. The quantitative estimate of drug-likeness (QED) is 0.185. The van der Waals surface area contributed by atoms with Gasteiger partial charge in [-0.05, 0) is 96.2 Å². The van der Waals surface area contributed by atoms with Crippen LogP contribution in [0.15, 0.2) is 42.5 Å². The Bertz CT molecular complexity index is 1370. The maximum Gasteiger partial charge on any atom is 0.408 e. The summed E-state index contributed by atoms with van der Waals surface area (Å²) in [6, 6.07) is 9.75. The van der Waals surface area contributed by atoms with Crippen molar-refractivity contribution in [2.45, 2.75) is 104 Å². The number of aryl methyl sites for hydroxylation is 2. The summed E-state index contributed by atoms with van der Waals surface area (Å²) in [5, 5.41) is 21.0. The summed E-state index contributed by atoms with van der Waals surface area (Å²) >= 11 is -1.26. The fraction of sp³-hybridized carbons (Fsp3) is 0.543. The summed E-state index contributed by atoms with van der Waals surface area (Å²) in [5.41, 5.74) is 1.54. The van der Waals surface area contributed by atoms with E-state index in [4.69, 9.17) is 9.47 Å². The van der Waals surface area contributed by atoms with Crippen LogP contribution in [0.5, 0.6) is 5.75 Å². The third-order valence-electron chi connectivity index (χ3n) is 6.99. The Morgan fingerprint density at radius 3 is 1.88 bits per heavy atom. The van der Waals surface area contributed by atoms with Crippen molar-refractivity contribution >= 4 is 35.2 Å². The first-order valence-electron chi connectivity index (χ1n) is 15.9. The van der Waals surface area contributed by atoms with E-state index in [-0.39, 0.29) is 30.9 Å². The maximum atomic E-state index is 13.8. The molecule has 4 amide bonds. The van der Waals surface area contributed by atoms with Crippen LogP contribution in [0, 0.1) is 13.8 Å². The fourth-order valence-corrected chi connectivity index (χ4v) is 5.44. The number of carbonyl (C=O) groups excluding carboxylic acids is 4. The van der Waals surface area contributed by atoms with E-state index in [1.54, 1.807) is 67.5 Å². The van der Waals surface area contributed by atoms with Gasteiger partial charge in [-0.2, -0.15) is 0 Å². The summed E-state index contributed by atoms with van der Waals surface area (Å²) in [7, 11) is 0. The molecular formula is C35H52N4O8S. The Morgan fingerprint density at radius 2 is 1.35 bits per heavy atom. The minimum atomic E-state index is -1.26. The minimum absolute atomic E-state index is 0.0139. The molecule has 0 fully saturated rings. The molecule has 266 valence electrons. The monoisotopic (exact) mass is 688 g/mol. The number of carbonyl (C=O) groups is 4. The highest BCUT2D eigenvalue weighted by Gasteiger charge is 2.31. The Labute approximate surface area is 287 Å². The second-order valence-electron chi connectivity index (χ2n) is 13.9. The molecule has 2 aromatic carbocycles. The molecule has 48 heavy (non-hydrogen) atoms. The molecule has 0 aromatic heterocycles. The van der Waals surface area contributed by atoms with Gasteiger partial charge in [-0.25, -0.2) is 9.59 Å². The van der Waals surface area contributed by atoms with Crippen LogP contribution >= 0.6 is 0 Å². The van der Waals surface area contributed by atoms with Gasteiger partial charge < -0.3 is 40.4 Å². The number of benzene rings is 2. The zero-order chi connectivity index (χ0) is 36.2. The minimum Gasteiger partial charge on any atom is -0.617 e. The molecule has 0 aliphatic heterocycles. The van der Waals surface area contributed by atoms with Gasteiger partial charge in [0, 0.05) is 19.4 Å². The van der Waals surface area contributed by atoms with Crippen molar-refractivity contribution in [3.8, 4) is 5.75 Å². The molecule has 0 bridgehead atoms. The molecule has 5 N–H and O–H groups in total. The number of hydrogen-bond acceptors (Lipinski definition) is 8. The number of nitrogens with one attached hydrogen (secondary N) is 4. The third-order valence-corrected chi connectivity index (χ3v) is 7.80. The van der Waals surface area contributed by atoms with Crippen LogP contribution in [-0.2, 0) is 43.1 Å². The molecule has 12 nitrogen and oxygen atoms in total. The molecule has 0 aliphatic carbocycles. The molecule has 4 atom stereocenters. The number of aromatic hydroxyl groups is 1. The molecule has 0 saturated carbocycles. The second-order valence-corrected chi connectivity index (χ2v) is 15.4. The van der Waals surface area contributed by atoms with E-state index in [1.165, 1.54) is 6.26 Å². The maximum absolute atomic E-state index is 13.8. The summed E-state index contributed by atoms with van der Waals surface area (Å²) in [6.45, 7) is 13.9. The van der Waals surface area contributed by atoms with Crippen LogP contribution < -0.4 is 21.3 Å². The molecule has 2 aromatic rings. The summed E-state index contributed by atoms with van der Waals surface area (Å²) in [5.74, 6) is -0.998. The average molecular weight is 689 g/mol. The van der Waals surface area contributed by atoms with Crippen LogP contribution in [0.25, 0.3) is 0 Å². The van der Waals surface area contributed by atoms with Gasteiger partial charge >= 0.3 is 12.2 Å². The van der Waals surface area contributed by atoms with Gasteiger partial charge in [-0.1, -0.05) is 41.5 Å². The molecule has 0 aliphatic rings. The first kappa shape index (κ1) is 40.2. The lowest BCUT2D eigenvalue weighted by Gasteiger charge is -2.27. The number of rotatable bonds is 14. The van der Waals surface area contributed by atoms with E-state index < -0.39 is 64.5 Å². The van der Waals surface area contributed by atoms with Crippen molar-refractivity contribution in [3.05, 3.63) is 64.7 Å². The van der Waals surface area contributed by atoms with Crippen LogP contribution in [-0.4, -0.2) is 81.5 Å². The Balaban J connectivity index is 2.30. The second kappa shape index (κ2) is 18.0. The standard InChI is InChI=1S/C35H52N4O8S/c1-22-17-26(40)18-23(2)27(22)20-29(39-33(44)47-35(6,7)8)31(42)38-28(15-16-48(9)45)30(41)36-21-25(19-24-13-11-10-12-14-24)37-32(43)46-34(3,4)5/h10-14,17-18,25,28-29,40H,15-16,19-21H2,1-9H3,(H,36,41)(H,37,43)(H,38,42)(H,39,44)/t25-,28+,29-,48?/m0/s1. The number of alkyl carbamates (subject to hydrolysis) is 2. The van der Waals surface area contributed by atoms with Crippen molar-refractivity contribution < 1.29 is 38.3 Å². The van der Waals surface area contributed by atoms with Crippen LogP contribution in [0.2, 0.25) is 0 Å². The van der Waals surface area contributed by atoms with Gasteiger partial charge in [0.05, 0.1) is 12.3 Å². The van der Waals surface area contributed by atoms with E-state index in [9.17, 15) is 28.8 Å². The summed E-state index contributed by atoms with van der Waals surface area (Å²) in [6.07, 6.45) is 0.546. The van der Waals surface area contributed by atoms with Gasteiger partial charge in [-0.15, -0.1) is 0 Å². The van der Waals surface area contributed by atoms with Crippen LogP contribution in [0.3, 0.4) is 0 Å². The molecule has 2 rings (SSSR count). The topological polar surface area (TPSA) is 178 Å². The van der Waals surface area contributed by atoms with Crippen molar-refractivity contribution in [2.75, 3.05) is 18.6 Å². The van der Waals surface area contributed by atoms with E-state index in [2.05, 4.69) is 21.3 Å². The largest absolute Gasteiger partial charge is 0.617 e. The highest BCUT2D eigenvalue weighted by Crippen LogP contribution is 2.22. The van der Waals surface area contributed by atoms with E-state index in [0.717, 1.165) is 11.1 Å². The molecular weight excluding hydrogens is 636 g/mol. The lowest BCUT2D eigenvalue weighted by Crippen LogP contribution is -2.56. The van der Waals surface area contributed by atoms with Gasteiger partial charge in [-0.3, -0.25) is 9.59 Å². The van der Waals surface area contributed by atoms with Crippen LogP contribution in [0.1, 0.15) is 70.2 Å². The predicted molar refractivity (Wildman–Crippen MR) is 186 cm³/mol. The third kappa shape index (κ3) is 15.3. The highest BCUT2D eigenvalue weighted by molar-refractivity contribution is 7.90. The molecule has 1 unspecified atom stereocenters. The summed E-state index contributed by atoms with van der Waals surface area (Å²) in [4.78, 5) is 52.8. The number of amides is 4. The smallest absolute Gasteiger partial charge is 0.408 e. The van der Waals surface area contributed by atoms with E-state index in [0.29, 0.717) is 17.5 Å². The van der Waals surface area contributed by atoms with Crippen LogP contribution in [0.4, 0.5) is 9.59 Å². The first-order valence-corrected chi connectivity index (χ1v) is 17.6. The van der Waals surface area contributed by atoms with E-state index in [1.807, 2.05) is 30.3 Å². The Hall–Kier alpha value is -3.97. The normalized spacial score (nSPS) is 14.1. The number of ether oxygens (including phenoxy) is 2. The first-order chi connectivity index (χ1) is 22.2. The highest BCUT2D eigenvalue weighted by atomic mass is 32.2. The van der Waals surface area contributed by atoms with Crippen molar-refractivity contribution in [1.82, 2.24) is 21.3 Å². The predicted octanol–water partition coefficient (Wildman–Crippen LogP) is 3.95. The number of phenolic OH excluding ortho intramolecular Hbond substituents is 1. The lowest BCUT2D eigenvalue weighted by molar-refractivity contribution is -0.130. The molecule has 0 spiro atoms. The van der Waals surface area contributed by atoms with Gasteiger partial charge in [0.15, 0.2) is 0 Å². The molecule has 0 heterocycles. The molecule has 0 radical (unpaired) electrons. The van der Waals surface area contributed by atoms with Gasteiger partial charge in [0.25, 0.3) is 0 Å². The Kier molecular flexibility index (Phi) is 15.1. The average Bonchev–Trinajstić information content (AvgIpc) is 2.93. The van der Waals surface area contributed by atoms with Gasteiger partial charge in [0.2, 0.25) is 11.8 Å². The lowest BCUT2D eigenvalue weighted by atomic mass is 9.95. The SMILES string of the molecule is Cc1cc(O)cc(C)c1C[C@H](NC(=O)OC(C)(C)C)C(=O)N[C@H](CC[S+](C)[O-])C(=O)NC[C@H](Cc1ccccc1)NC(=O)OC(C)(C)C. The molecule has 13 heteroatoms. The summed E-state index contributed by atoms with van der Waals surface area (Å²) < 4.78 is 22.9. The van der Waals surface area contributed by atoms with Crippen molar-refractivity contribution in [3.63, 3.8) is 0 Å². The molecule has 0 saturated heterocycles. The van der Waals surface area contributed by atoms with Gasteiger partial charge in [0.1, 0.15) is 34.8 Å². The fourth-order valence-electron chi connectivity index (χ4n) is 4.87. The number of hydrogen-bond donors (Lipinski definition) is 5.